The minimum Gasteiger partial charge on any atom is -0.444 e. The highest BCUT2D eigenvalue weighted by molar-refractivity contribution is 6.18. The molecule has 0 radical (unpaired) electrons. The minimum absolute atomic E-state index is 0.0300. The van der Waals surface area contributed by atoms with Gasteiger partial charge in [-0.25, -0.2) is 4.79 Å². The number of nitrogens with one attached hydrogen (secondary N) is 2. The molecule has 2 amide bonds. The summed E-state index contributed by atoms with van der Waals surface area (Å²) in [4.78, 5) is 24.0. The Morgan fingerprint density at radius 3 is 2.46 bits per heavy atom. The molecular formula is C17H25ClN2O4. The van der Waals surface area contributed by atoms with Gasteiger partial charge in [-0.2, -0.15) is 0 Å². The second-order valence-electron chi connectivity index (χ2n) is 6.18. The highest BCUT2D eigenvalue weighted by atomic mass is 35.5. The van der Waals surface area contributed by atoms with Gasteiger partial charge in [0, 0.05) is 12.4 Å². The zero-order chi connectivity index (χ0) is 18.0. The molecule has 0 aliphatic heterocycles. The van der Waals surface area contributed by atoms with Gasteiger partial charge in [-0.05, 0) is 26.3 Å². The van der Waals surface area contributed by atoms with Gasteiger partial charge >= 0.3 is 6.09 Å². The number of carbonyl (C=O) groups is 2. The van der Waals surface area contributed by atoms with Crippen molar-refractivity contribution in [3.8, 4) is 0 Å². The third-order valence-electron chi connectivity index (χ3n) is 2.80. The molecule has 134 valence electrons. The lowest BCUT2D eigenvalue weighted by atomic mass is 10.2. The Hall–Kier alpha value is -1.79. The minimum atomic E-state index is -0.855. The van der Waals surface area contributed by atoms with Crippen LogP contribution in [0.15, 0.2) is 30.3 Å². The maximum Gasteiger partial charge on any atom is 0.408 e. The van der Waals surface area contributed by atoms with E-state index in [2.05, 4.69) is 10.6 Å². The highest BCUT2D eigenvalue weighted by Crippen LogP contribution is 2.07. The van der Waals surface area contributed by atoms with E-state index in [-0.39, 0.29) is 18.4 Å². The first kappa shape index (κ1) is 20.3. The molecular weight excluding hydrogens is 332 g/mol. The first-order valence-electron chi connectivity index (χ1n) is 7.76. The van der Waals surface area contributed by atoms with Crippen molar-refractivity contribution < 1.29 is 19.1 Å². The monoisotopic (exact) mass is 356 g/mol. The van der Waals surface area contributed by atoms with E-state index in [4.69, 9.17) is 21.1 Å². The highest BCUT2D eigenvalue weighted by Gasteiger charge is 2.24. The van der Waals surface area contributed by atoms with Crippen molar-refractivity contribution in [1.29, 1.82) is 0 Å². The average Bonchev–Trinajstić information content (AvgIpc) is 2.51. The van der Waals surface area contributed by atoms with E-state index in [1.54, 1.807) is 20.8 Å². The molecule has 6 nitrogen and oxygen atoms in total. The summed E-state index contributed by atoms with van der Waals surface area (Å²) in [6.45, 7) is 5.94. The molecule has 2 N–H and O–H groups in total. The first-order valence-corrected chi connectivity index (χ1v) is 8.30. The average molecular weight is 357 g/mol. The summed E-state index contributed by atoms with van der Waals surface area (Å²) in [5.74, 6) is -0.0787. The van der Waals surface area contributed by atoms with E-state index < -0.39 is 17.7 Å². The van der Waals surface area contributed by atoms with Gasteiger partial charge in [0.05, 0.1) is 13.2 Å². The normalized spacial score (nSPS) is 12.3. The van der Waals surface area contributed by atoms with Gasteiger partial charge in [0.25, 0.3) is 0 Å². The lowest BCUT2D eigenvalue weighted by Crippen LogP contribution is -2.50. The molecule has 1 aromatic rings. The molecule has 0 aliphatic carbocycles. The Kier molecular flexibility index (Phi) is 8.57. The van der Waals surface area contributed by atoms with E-state index in [0.29, 0.717) is 13.2 Å². The molecule has 1 aromatic carbocycles. The second kappa shape index (κ2) is 10.2. The zero-order valence-electron chi connectivity index (χ0n) is 14.3. The van der Waals surface area contributed by atoms with E-state index >= 15 is 0 Å². The molecule has 0 spiro atoms. The Labute approximate surface area is 147 Å². The lowest BCUT2D eigenvalue weighted by molar-refractivity contribution is -0.124. The van der Waals surface area contributed by atoms with Crippen LogP contribution in [0.5, 0.6) is 0 Å². The second-order valence-corrected chi connectivity index (χ2v) is 6.56. The first-order chi connectivity index (χ1) is 11.3. The van der Waals surface area contributed by atoms with Crippen LogP contribution >= 0.6 is 11.6 Å². The molecule has 0 bridgehead atoms. The standard InChI is InChI=1S/C17H25ClN2O4/c1-17(2,3)24-16(22)20-14(15(21)19-10-9-18)12-23-11-13-7-5-4-6-8-13/h4-8,14H,9-12H2,1-3H3,(H,19,21)(H,20,22)/t14-/m0/s1. The van der Waals surface area contributed by atoms with Crippen LogP contribution in [0.1, 0.15) is 26.3 Å². The maximum absolute atomic E-state index is 12.1. The van der Waals surface area contributed by atoms with Crippen molar-refractivity contribution in [2.75, 3.05) is 19.0 Å². The molecule has 0 saturated heterocycles. The third kappa shape index (κ3) is 8.74. The van der Waals surface area contributed by atoms with E-state index in [9.17, 15) is 9.59 Å². The van der Waals surface area contributed by atoms with Crippen LogP contribution in [-0.2, 0) is 20.9 Å². The third-order valence-corrected chi connectivity index (χ3v) is 2.99. The summed E-state index contributed by atoms with van der Waals surface area (Å²) in [6.07, 6.45) is -0.670. The summed E-state index contributed by atoms with van der Waals surface area (Å²) in [6, 6.07) is 8.71. The van der Waals surface area contributed by atoms with Gasteiger partial charge in [-0.3, -0.25) is 4.79 Å². The van der Waals surface area contributed by atoms with Crippen molar-refractivity contribution in [2.24, 2.45) is 0 Å². The molecule has 0 unspecified atom stereocenters. The fourth-order valence-electron chi connectivity index (χ4n) is 1.80. The Bertz CT molecular complexity index is 517. The number of alkyl carbamates (subject to hydrolysis) is 1. The number of hydrogen-bond acceptors (Lipinski definition) is 4. The summed E-state index contributed by atoms with van der Waals surface area (Å²) in [7, 11) is 0. The molecule has 24 heavy (non-hydrogen) atoms. The number of hydrogen-bond donors (Lipinski definition) is 2. The quantitative estimate of drug-likeness (QED) is 0.701. The number of amides is 2. The smallest absolute Gasteiger partial charge is 0.408 e. The van der Waals surface area contributed by atoms with Crippen molar-refractivity contribution in [3.05, 3.63) is 35.9 Å². The van der Waals surface area contributed by atoms with Crippen LogP contribution in [0.3, 0.4) is 0 Å². The van der Waals surface area contributed by atoms with Crippen molar-refractivity contribution in [3.63, 3.8) is 0 Å². The number of benzene rings is 1. The number of rotatable bonds is 8. The Balaban J connectivity index is 2.56. The molecule has 1 rings (SSSR count). The van der Waals surface area contributed by atoms with Crippen molar-refractivity contribution in [2.45, 2.75) is 39.0 Å². The fraction of sp³-hybridized carbons (Fsp3) is 0.529. The maximum atomic E-state index is 12.1. The summed E-state index contributed by atoms with van der Waals surface area (Å²) in [5, 5.41) is 5.16. The molecule has 0 heterocycles. The summed E-state index contributed by atoms with van der Waals surface area (Å²) in [5.41, 5.74) is 0.335. The van der Waals surface area contributed by atoms with Crippen LogP contribution in [0.2, 0.25) is 0 Å². The zero-order valence-corrected chi connectivity index (χ0v) is 15.1. The lowest BCUT2D eigenvalue weighted by Gasteiger charge is -2.23. The number of ether oxygens (including phenoxy) is 2. The molecule has 1 atom stereocenters. The van der Waals surface area contributed by atoms with Crippen molar-refractivity contribution in [1.82, 2.24) is 10.6 Å². The summed E-state index contributed by atoms with van der Waals surface area (Å²) < 4.78 is 10.7. The van der Waals surface area contributed by atoms with Crippen LogP contribution in [0.25, 0.3) is 0 Å². The summed E-state index contributed by atoms with van der Waals surface area (Å²) >= 11 is 5.57. The molecule has 0 fully saturated rings. The van der Waals surface area contributed by atoms with Gasteiger partial charge in [0.2, 0.25) is 5.91 Å². The number of alkyl halides is 1. The molecule has 0 saturated carbocycles. The van der Waals surface area contributed by atoms with E-state index in [1.807, 2.05) is 30.3 Å². The van der Waals surface area contributed by atoms with Crippen LogP contribution < -0.4 is 10.6 Å². The Morgan fingerprint density at radius 1 is 1.21 bits per heavy atom. The van der Waals surface area contributed by atoms with Gasteiger partial charge < -0.3 is 20.1 Å². The molecule has 0 aromatic heterocycles. The van der Waals surface area contributed by atoms with Crippen molar-refractivity contribution >= 4 is 23.6 Å². The SMILES string of the molecule is CC(C)(C)OC(=O)N[C@@H](COCc1ccccc1)C(=O)NCCCl. The number of carbonyl (C=O) groups excluding carboxylic acids is 2. The largest absolute Gasteiger partial charge is 0.444 e. The van der Waals surface area contributed by atoms with Crippen LogP contribution in [-0.4, -0.2) is 42.7 Å². The fourth-order valence-corrected chi connectivity index (χ4v) is 1.89. The Morgan fingerprint density at radius 2 is 1.88 bits per heavy atom. The van der Waals surface area contributed by atoms with Crippen LogP contribution in [0.4, 0.5) is 4.79 Å². The van der Waals surface area contributed by atoms with Gasteiger partial charge in [0.15, 0.2) is 0 Å². The van der Waals surface area contributed by atoms with Gasteiger partial charge in [-0.1, -0.05) is 30.3 Å². The van der Waals surface area contributed by atoms with E-state index in [1.165, 1.54) is 0 Å². The van der Waals surface area contributed by atoms with Gasteiger partial charge in [0.1, 0.15) is 11.6 Å². The molecule has 0 aliphatic rings. The predicted octanol–water partition coefficient (Wildman–Crippen LogP) is 2.45. The predicted molar refractivity (Wildman–Crippen MR) is 93.0 cm³/mol. The van der Waals surface area contributed by atoms with Crippen LogP contribution in [0, 0.1) is 0 Å². The topological polar surface area (TPSA) is 76.7 Å². The van der Waals surface area contributed by atoms with E-state index in [0.717, 1.165) is 5.56 Å². The van der Waals surface area contributed by atoms with Gasteiger partial charge in [-0.15, -0.1) is 11.6 Å². The number of halogens is 1. The molecule has 7 heteroatoms.